The Morgan fingerprint density at radius 1 is 1.23 bits per heavy atom. The summed E-state index contributed by atoms with van der Waals surface area (Å²) in [6.07, 6.45) is 4.28. The molecule has 0 aromatic rings. The third kappa shape index (κ3) is 2.03. The molecule has 0 bridgehead atoms. The van der Waals surface area contributed by atoms with E-state index in [4.69, 9.17) is 5.11 Å². The van der Waals surface area contributed by atoms with Crippen LogP contribution in [0.5, 0.6) is 0 Å². The van der Waals surface area contributed by atoms with Crippen molar-refractivity contribution >= 4 is 0 Å². The van der Waals surface area contributed by atoms with Gasteiger partial charge in [0, 0.05) is 32.2 Å². The van der Waals surface area contributed by atoms with Crippen LogP contribution in [0, 0.1) is 5.92 Å². The predicted molar refractivity (Wildman–Crippen MR) is 50.4 cm³/mol. The molecule has 1 heterocycles. The number of aliphatic hydroxyl groups is 2. The fourth-order valence-electron chi connectivity index (χ4n) is 2.53. The molecule has 2 aliphatic rings. The second-order valence-electron chi connectivity index (χ2n) is 4.67. The van der Waals surface area contributed by atoms with E-state index in [1.54, 1.807) is 0 Å². The Morgan fingerprint density at radius 3 is 2.38 bits per heavy atom. The number of aliphatic hydroxyl groups excluding tert-OH is 1. The Bertz CT molecular complexity index is 172. The van der Waals surface area contributed by atoms with Crippen LogP contribution in [0.25, 0.3) is 0 Å². The average molecular weight is 185 g/mol. The lowest BCUT2D eigenvalue weighted by molar-refractivity contribution is -0.0367. The molecule has 3 heteroatoms. The number of hydrogen-bond acceptors (Lipinski definition) is 3. The molecule has 0 spiro atoms. The van der Waals surface area contributed by atoms with Gasteiger partial charge in [0.1, 0.15) is 0 Å². The zero-order valence-corrected chi connectivity index (χ0v) is 8.08. The van der Waals surface area contributed by atoms with E-state index in [0.717, 1.165) is 32.5 Å². The molecule has 0 aromatic carbocycles. The van der Waals surface area contributed by atoms with Gasteiger partial charge in [-0.25, -0.2) is 0 Å². The average Bonchev–Trinajstić information content (AvgIpc) is 2.44. The van der Waals surface area contributed by atoms with Gasteiger partial charge in [-0.1, -0.05) is 12.8 Å². The van der Waals surface area contributed by atoms with Gasteiger partial charge in [-0.15, -0.1) is 0 Å². The van der Waals surface area contributed by atoms with Crippen molar-refractivity contribution in [1.82, 2.24) is 4.90 Å². The van der Waals surface area contributed by atoms with Gasteiger partial charge in [0.05, 0.1) is 5.60 Å². The summed E-state index contributed by atoms with van der Waals surface area (Å²) in [6, 6.07) is 0. The Labute approximate surface area is 79.4 Å². The van der Waals surface area contributed by atoms with E-state index in [2.05, 4.69) is 4.90 Å². The third-order valence-corrected chi connectivity index (χ3v) is 3.34. The number of nitrogens with zero attached hydrogens (tertiary/aromatic N) is 1. The molecule has 0 unspecified atom stereocenters. The number of β-amino-alcohol motifs (C(OH)–C–C–N with tert-alkyl or cyclic N) is 1. The Balaban J connectivity index is 1.73. The van der Waals surface area contributed by atoms with Crippen molar-refractivity contribution in [3.63, 3.8) is 0 Å². The summed E-state index contributed by atoms with van der Waals surface area (Å²) >= 11 is 0. The van der Waals surface area contributed by atoms with E-state index in [1.165, 1.54) is 12.8 Å². The van der Waals surface area contributed by atoms with E-state index in [0.29, 0.717) is 12.5 Å². The summed E-state index contributed by atoms with van der Waals surface area (Å²) < 4.78 is 0. The normalized spacial score (nSPS) is 29.1. The van der Waals surface area contributed by atoms with Crippen molar-refractivity contribution in [3.05, 3.63) is 0 Å². The lowest BCUT2D eigenvalue weighted by Crippen LogP contribution is -2.54. The van der Waals surface area contributed by atoms with E-state index in [1.807, 2.05) is 0 Å². The molecule has 0 aromatic heterocycles. The maximum absolute atomic E-state index is 10.1. The Morgan fingerprint density at radius 2 is 1.85 bits per heavy atom. The van der Waals surface area contributed by atoms with Crippen LogP contribution >= 0.6 is 0 Å². The highest BCUT2D eigenvalue weighted by molar-refractivity contribution is 4.91. The minimum Gasteiger partial charge on any atom is -0.396 e. The first-order valence-electron chi connectivity index (χ1n) is 5.27. The summed E-state index contributed by atoms with van der Waals surface area (Å²) in [6.45, 7) is 3.07. The van der Waals surface area contributed by atoms with Gasteiger partial charge in [-0.3, -0.25) is 4.90 Å². The molecule has 1 saturated heterocycles. The molecule has 2 fully saturated rings. The van der Waals surface area contributed by atoms with Gasteiger partial charge in [0.25, 0.3) is 0 Å². The largest absolute Gasteiger partial charge is 0.396 e. The van der Waals surface area contributed by atoms with Crippen LogP contribution in [0.15, 0.2) is 0 Å². The predicted octanol–water partition coefficient (Wildman–Crippen LogP) is 0.216. The van der Waals surface area contributed by atoms with Crippen LogP contribution in [-0.2, 0) is 0 Å². The van der Waals surface area contributed by atoms with Crippen molar-refractivity contribution in [2.75, 3.05) is 26.2 Å². The lowest BCUT2D eigenvalue weighted by Gasteiger charge is -2.42. The molecular formula is C10H19NO2. The van der Waals surface area contributed by atoms with Crippen LogP contribution in [0.4, 0.5) is 0 Å². The summed E-state index contributed by atoms with van der Waals surface area (Å²) in [5, 5.41) is 18.9. The van der Waals surface area contributed by atoms with Crippen molar-refractivity contribution < 1.29 is 10.2 Å². The zero-order valence-electron chi connectivity index (χ0n) is 8.08. The molecule has 2 N–H and O–H groups in total. The number of rotatable bonds is 3. The Hall–Kier alpha value is -0.120. The maximum atomic E-state index is 10.1. The van der Waals surface area contributed by atoms with Gasteiger partial charge in [-0.05, 0) is 12.8 Å². The number of likely N-dealkylation sites (tertiary alicyclic amines) is 1. The van der Waals surface area contributed by atoms with Crippen molar-refractivity contribution in [2.24, 2.45) is 5.92 Å². The van der Waals surface area contributed by atoms with Crippen LogP contribution < -0.4 is 0 Å². The second-order valence-corrected chi connectivity index (χ2v) is 4.67. The standard InChI is InChI=1S/C10H19NO2/c12-7-9-5-11(6-9)8-10(13)3-1-2-4-10/h9,12-13H,1-8H2. The summed E-state index contributed by atoms with van der Waals surface area (Å²) in [5.41, 5.74) is -0.402. The van der Waals surface area contributed by atoms with Crippen LogP contribution in [0.2, 0.25) is 0 Å². The van der Waals surface area contributed by atoms with Crippen molar-refractivity contribution in [3.8, 4) is 0 Å². The van der Waals surface area contributed by atoms with E-state index in [9.17, 15) is 5.11 Å². The summed E-state index contributed by atoms with van der Waals surface area (Å²) in [4.78, 5) is 2.26. The minimum atomic E-state index is -0.402. The topological polar surface area (TPSA) is 43.7 Å². The third-order valence-electron chi connectivity index (χ3n) is 3.34. The highest BCUT2D eigenvalue weighted by Gasteiger charge is 2.36. The van der Waals surface area contributed by atoms with Gasteiger partial charge in [-0.2, -0.15) is 0 Å². The quantitative estimate of drug-likeness (QED) is 0.661. The molecule has 2 rings (SSSR count). The van der Waals surface area contributed by atoms with Crippen molar-refractivity contribution in [2.45, 2.75) is 31.3 Å². The maximum Gasteiger partial charge on any atom is 0.0774 e. The second kappa shape index (κ2) is 3.56. The van der Waals surface area contributed by atoms with E-state index in [-0.39, 0.29) is 0 Å². The zero-order chi connectivity index (χ0) is 9.31. The molecule has 0 radical (unpaired) electrons. The fraction of sp³-hybridized carbons (Fsp3) is 1.00. The molecule has 1 saturated carbocycles. The molecule has 0 amide bonds. The van der Waals surface area contributed by atoms with Gasteiger partial charge in [0.15, 0.2) is 0 Å². The Kier molecular flexibility index (Phi) is 2.58. The highest BCUT2D eigenvalue weighted by atomic mass is 16.3. The van der Waals surface area contributed by atoms with Gasteiger partial charge < -0.3 is 10.2 Å². The van der Waals surface area contributed by atoms with Crippen molar-refractivity contribution in [1.29, 1.82) is 0 Å². The van der Waals surface area contributed by atoms with Gasteiger partial charge in [0.2, 0.25) is 0 Å². The smallest absolute Gasteiger partial charge is 0.0774 e. The van der Waals surface area contributed by atoms with Crippen LogP contribution in [-0.4, -0.2) is 47.0 Å². The van der Waals surface area contributed by atoms with Gasteiger partial charge >= 0.3 is 0 Å². The SMILES string of the molecule is OCC1CN(CC2(O)CCCC2)C1. The molecule has 0 atom stereocenters. The van der Waals surface area contributed by atoms with Crippen LogP contribution in [0.1, 0.15) is 25.7 Å². The first-order valence-corrected chi connectivity index (χ1v) is 5.27. The summed E-state index contributed by atoms with van der Waals surface area (Å²) in [7, 11) is 0. The fourth-order valence-corrected chi connectivity index (χ4v) is 2.53. The van der Waals surface area contributed by atoms with E-state index < -0.39 is 5.60 Å². The first kappa shape index (κ1) is 9.44. The molecule has 1 aliphatic heterocycles. The van der Waals surface area contributed by atoms with E-state index >= 15 is 0 Å². The minimum absolute atomic E-state index is 0.301. The highest BCUT2D eigenvalue weighted by Crippen LogP contribution is 2.31. The molecule has 3 nitrogen and oxygen atoms in total. The number of hydrogen-bond donors (Lipinski definition) is 2. The molecule has 76 valence electrons. The lowest BCUT2D eigenvalue weighted by atomic mass is 9.95. The monoisotopic (exact) mass is 185 g/mol. The van der Waals surface area contributed by atoms with Crippen LogP contribution in [0.3, 0.4) is 0 Å². The molecule has 1 aliphatic carbocycles. The molecule has 13 heavy (non-hydrogen) atoms. The molecular weight excluding hydrogens is 166 g/mol. The summed E-state index contributed by atoms with van der Waals surface area (Å²) in [5.74, 6) is 0.463. The first-order chi connectivity index (χ1) is 6.22.